The molecular formula is C23H23F4N3O3. The largest absolute Gasteiger partial charge is 0.490 e. The van der Waals surface area contributed by atoms with E-state index < -0.39 is 30.5 Å². The average molecular weight is 465 g/mol. The number of guanidine groups is 1. The van der Waals surface area contributed by atoms with Crippen LogP contribution in [0.25, 0.3) is 0 Å². The van der Waals surface area contributed by atoms with Crippen molar-refractivity contribution in [1.82, 2.24) is 4.90 Å². The first-order chi connectivity index (χ1) is 15.8. The van der Waals surface area contributed by atoms with Gasteiger partial charge in [-0.3, -0.25) is 14.1 Å². The van der Waals surface area contributed by atoms with E-state index in [-0.39, 0.29) is 42.0 Å². The number of ether oxygens (including phenoxy) is 2. The number of benzene rings is 2. The number of carbonyl (C=O) groups is 1. The molecule has 1 aliphatic carbocycles. The van der Waals surface area contributed by atoms with Gasteiger partial charge in [-0.2, -0.15) is 8.78 Å². The highest BCUT2D eigenvalue weighted by Gasteiger charge is 2.50. The van der Waals surface area contributed by atoms with Crippen LogP contribution in [0, 0.1) is 5.82 Å². The first-order valence-electron chi connectivity index (χ1n) is 10.5. The van der Waals surface area contributed by atoms with Crippen molar-refractivity contribution in [2.45, 2.75) is 37.3 Å². The highest BCUT2D eigenvalue weighted by atomic mass is 19.3. The SMILES string of the molecule is CN1C(=O)C(c2ccc(F)c(OCCCF)c2)(c2ccc(OC(F)F)c(C3CC3)c2)N=C1N. The fourth-order valence-electron chi connectivity index (χ4n) is 3.95. The lowest BCUT2D eigenvalue weighted by Crippen LogP contribution is -2.41. The molecule has 2 aliphatic rings. The van der Waals surface area contributed by atoms with Crippen molar-refractivity contribution in [3.05, 3.63) is 58.9 Å². The number of rotatable bonds is 9. The summed E-state index contributed by atoms with van der Waals surface area (Å²) >= 11 is 0. The van der Waals surface area contributed by atoms with Crippen molar-refractivity contribution in [3.63, 3.8) is 0 Å². The van der Waals surface area contributed by atoms with Crippen LogP contribution in [0.4, 0.5) is 17.6 Å². The van der Waals surface area contributed by atoms with E-state index in [0.29, 0.717) is 11.1 Å². The van der Waals surface area contributed by atoms with Gasteiger partial charge in [0.2, 0.25) is 0 Å². The van der Waals surface area contributed by atoms with Gasteiger partial charge in [-0.05, 0) is 59.7 Å². The number of amides is 1. The molecular weight excluding hydrogens is 442 g/mol. The summed E-state index contributed by atoms with van der Waals surface area (Å²) in [5.74, 6) is -1.31. The minimum atomic E-state index is -2.99. The lowest BCUT2D eigenvalue weighted by atomic mass is 9.81. The summed E-state index contributed by atoms with van der Waals surface area (Å²) < 4.78 is 62.6. The molecule has 0 aromatic heterocycles. The number of hydrogen-bond acceptors (Lipinski definition) is 5. The Morgan fingerprint density at radius 3 is 2.48 bits per heavy atom. The fourth-order valence-corrected chi connectivity index (χ4v) is 3.95. The molecule has 10 heteroatoms. The number of nitrogens with zero attached hydrogens (tertiary/aromatic N) is 2. The Morgan fingerprint density at radius 2 is 1.88 bits per heavy atom. The zero-order valence-corrected chi connectivity index (χ0v) is 17.9. The highest BCUT2D eigenvalue weighted by molar-refractivity contribution is 6.09. The molecule has 176 valence electrons. The van der Waals surface area contributed by atoms with Gasteiger partial charge in [-0.15, -0.1) is 0 Å². The standard InChI is InChI=1S/C23H23F4N3O3/c1-30-20(31)23(29-22(30)28,15-5-7-17(25)19(12-15)32-10-2-9-24)14-6-8-18(33-21(26)27)16(11-14)13-3-4-13/h5-8,11-13,21H,2-4,9-10H2,1H3,(H2,28,29). The van der Waals surface area contributed by atoms with Gasteiger partial charge in [0.15, 0.2) is 23.1 Å². The summed E-state index contributed by atoms with van der Waals surface area (Å²) in [6.07, 6.45) is 1.69. The van der Waals surface area contributed by atoms with Crippen LogP contribution < -0.4 is 15.2 Å². The van der Waals surface area contributed by atoms with E-state index in [2.05, 4.69) is 9.73 Å². The number of alkyl halides is 3. The summed E-state index contributed by atoms with van der Waals surface area (Å²) in [5.41, 5.74) is 5.51. The summed E-state index contributed by atoms with van der Waals surface area (Å²) in [6.45, 7) is -3.66. The summed E-state index contributed by atoms with van der Waals surface area (Å²) in [4.78, 5) is 19.1. The summed E-state index contributed by atoms with van der Waals surface area (Å²) in [6, 6.07) is 8.35. The summed E-state index contributed by atoms with van der Waals surface area (Å²) in [7, 11) is 1.46. The van der Waals surface area contributed by atoms with Crippen molar-refractivity contribution >= 4 is 11.9 Å². The molecule has 2 aromatic rings. The lowest BCUT2D eigenvalue weighted by Gasteiger charge is -2.27. The van der Waals surface area contributed by atoms with Crippen LogP contribution in [0.1, 0.15) is 41.9 Å². The molecule has 0 saturated heterocycles. The molecule has 1 amide bonds. The van der Waals surface area contributed by atoms with E-state index >= 15 is 0 Å². The molecule has 1 heterocycles. The number of nitrogens with two attached hydrogens (primary N) is 1. The third kappa shape index (κ3) is 4.21. The average Bonchev–Trinajstić information content (AvgIpc) is 3.60. The molecule has 1 atom stereocenters. The van der Waals surface area contributed by atoms with Crippen molar-refractivity contribution in [3.8, 4) is 11.5 Å². The molecule has 33 heavy (non-hydrogen) atoms. The van der Waals surface area contributed by atoms with Gasteiger partial charge in [0.1, 0.15) is 5.75 Å². The number of carbonyl (C=O) groups excluding carboxylic acids is 1. The normalized spacial score (nSPS) is 20.4. The Kier molecular flexibility index (Phi) is 6.18. The number of halogens is 4. The summed E-state index contributed by atoms with van der Waals surface area (Å²) in [5, 5.41) is 0. The Morgan fingerprint density at radius 1 is 1.18 bits per heavy atom. The maximum absolute atomic E-state index is 14.4. The Hall–Kier alpha value is -3.30. The van der Waals surface area contributed by atoms with E-state index in [9.17, 15) is 22.4 Å². The lowest BCUT2D eigenvalue weighted by molar-refractivity contribution is -0.129. The Balaban J connectivity index is 1.85. The van der Waals surface area contributed by atoms with Gasteiger partial charge in [-0.25, -0.2) is 9.38 Å². The van der Waals surface area contributed by atoms with E-state index in [4.69, 9.17) is 10.5 Å². The van der Waals surface area contributed by atoms with E-state index in [1.165, 1.54) is 36.2 Å². The molecule has 2 N–H and O–H groups in total. The van der Waals surface area contributed by atoms with Crippen LogP contribution in [0.3, 0.4) is 0 Å². The van der Waals surface area contributed by atoms with Gasteiger partial charge < -0.3 is 15.2 Å². The molecule has 4 rings (SSSR count). The molecule has 2 aromatic carbocycles. The predicted octanol–water partition coefficient (Wildman–Crippen LogP) is 4.07. The van der Waals surface area contributed by atoms with E-state index in [1.54, 1.807) is 6.07 Å². The highest BCUT2D eigenvalue weighted by Crippen LogP contribution is 2.48. The maximum Gasteiger partial charge on any atom is 0.387 e. The predicted molar refractivity (Wildman–Crippen MR) is 113 cm³/mol. The zero-order chi connectivity index (χ0) is 23.8. The smallest absolute Gasteiger partial charge is 0.387 e. The minimum Gasteiger partial charge on any atom is -0.490 e. The van der Waals surface area contributed by atoms with Gasteiger partial charge in [0.05, 0.1) is 13.3 Å². The first kappa shape index (κ1) is 22.9. The minimum absolute atomic E-state index is 0.0270. The van der Waals surface area contributed by atoms with Crippen LogP contribution >= 0.6 is 0 Å². The number of likely N-dealkylation sites (N-methyl/N-ethyl adjacent to an activating group) is 1. The van der Waals surface area contributed by atoms with Crippen molar-refractivity contribution in [2.24, 2.45) is 10.7 Å². The molecule has 1 aliphatic heterocycles. The molecule has 1 unspecified atom stereocenters. The van der Waals surface area contributed by atoms with Crippen LogP contribution in [-0.2, 0) is 10.3 Å². The van der Waals surface area contributed by atoms with Crippen LogP contribution in [0.5, 0.6) is 11.5 Å². The van der Waals surface area contributed by atoms with Crippen LogP contribution in [0.2, 0.25) is 0 Å². The number of aliphatic imine (C=N–C) groups is 1. The van der Waals surface area contributed by atoms with Crippen molar-refractivity contribution in [2.75, 3.05) is 20.3 Å². The molecule has 0 radical (unpaired) electrons. The molecule has 0 bridgehead atoms. The third-order valence-electron chi connectivity index (χ3n) is 5.79. The topological polar surface area (TPSA) is 77.2 Å². The Labute approximate surface area is 188 Å². The van der Waals surface area contributed by atoms with Gasteiger partial charge in [0.25, 0.3) is 5.91 Å². The molecule has 0 spiro atoms. The number of hydrogen-bond donors (Lipinski definition) is 1. The zero-order valence-electron chi connectivity index (χ0n) is 17.9. The fraction of sp³-hybridized carbons (Fsp3) is 0.391. The van der Waals surface area contributed by atoms with Gasteiger partial charge in [0, 0.05) is 13.5 Å². The van der Waals surface area contributed by atoms with Crippen molar-refractivity contribution < 1.29 is 31.8 Å². The van der Waals surface area contributed by atoms with Crippen LogP contribution in [0.15, 0.2) is 41.4 Å². The van der Waals surface area contributed by atoms with E-state index in [0.717, 1.165) is 18.9 Å². The maximum atomic E-state index is 14.4. The Bertz CT molecular complexity index is 1090. The van der Waals surface area contributed by atoms with Crippen LogP contribution in [-0.4, -0.2) is 43.7 Å². The molecule has 6 nitrogen and oxygen atoms in total. The van der Waals surface area contributed by atoms with Crippen molar-refractivity contribution in [1.29, 1.82) is 0 Å². The monoisotopic (exact) mass is 465 g/mol. The second kappa shape index (κ2) is 8.92. The molecule has 1 fully saturated rings. The second-order valence-electron chi connectivity index (χ2n) is 7.99. The quantitative estimate of drug-likeness (QED) is 0.447. The molecule has 1 saturated carbocycles. The first-order valence-corrected chi connectivity index (χ1v) is 10.5. The third-order valence-corrected chi connectivity index (χ3v) is 5.79. The van der Waals surface area contributed by atoms with Gasteiger partial charge >= 0.3 is 6.61 Å². The van der Waals surface area contributed by atoms with E-state index in [1.807, 2.05) is 0 Å². The second-order valence-corrected chi connectivity index (χ2v) is 7.99. The van der Waals surface area contributed by atoms with Gasteiger partial charge in [-0.1, -0.05) is 12.1 Å².